The van der Waals surface area contributed by atoms with E-state index in [1.807, 2.05) is 0 Å². The van der Waals surface area contributed by atoms with E-state index in [1.165, 1.54) is 18.2 Å². The number of carbonyl (C=O) groups excluding carboxylic acids is 1. The Hall–Kier alpha value is -2.35. The van der Waals surface area contributed by atoms with Crippen LogP contribution in [0.5, 0.6) is 0 Å². The van der Waals surface area contributed by atoms with Crippen molar-refractivity contribution in [2.24, 2.45) is 0 Å². The number of benzene rings is 2. The highest BCUT2D eigenvalue weighted by molar-refractivity contribution is 7.90. The van der Waals surface area contributed by atoms with E-state index < -0.39 is 15.7 Å². The first kappa shape index (κ1) is 19.4. The molecule has 0 saturated heterocycles. The number of carbonyl (C=O) groups is 1. The van der Waals surface area contributed by atoms with Crippen LogP contribution in [0.2, 0.25) is 10.0 Å². The summed E-state index contributed by atoms with van der Waals surface area (Å²) in [5.41, 5.74) is 1.45. The van der Waals surface area contributed by atoms with E-state index in [2.05, 4.69) is 10.4 Å². The molecule has 1 heterocycles. The third-order valence-corrected chi connectivity index (χ3v) is 5.45. The molecular formula is C18H15Cl2N3O3S. The van der Waals surface area contributed by atoms with Crippen LogP contribution < -0.4 is 5.32 Å². The molecule has 2 aromatic carbocycles. The second kappa shape index (κ2) is 7.34. The van der Waals surface area contributed by atoms with Crippen molar-refractivity contribution in [3.05, 3.63) is 69.8 Å². The van der Waals surface area contributed by atoms with Gasteiger partial charge in [0.25, 0.3) is 5.91 Å². The Morgan fingerprint density at radius 3 is 2.37 bits per heavy atom. The first-order valence-corrected chi connectivity index (χ1v) is 10.4. The molecule has 6 nitrogen and oxygen atoms in total. The molecule has 0 spiro atoms. The normalized spacial score (nSPS) is 11.4. The number of nitrogens with zero attached hydrogens (tertiary/aromatic N) is 2. The minimum absolute atomic E-state index is 0.0134. The first-order valence-electron chi connectivity index (χ1n) is 7.79. The molecule has 0 aliphatic carbocycles. The van der Waals surface area contributed by atoms with Crippen LogP contribution in [-0.2, 0) is 9.84 Å². The van der Waals surface area contributed by atoms with Crippen molar-refractivity contribution in [1.82, 2.24) is 9.78 Å². The van der Waals surface area contributed by atoms with E-state index in [0.29, 0.717) is 22.2 Å². The summed E-state index contributed by atoms with van der Waals surface area (Å²) in [5, 5.41) is 7.82. The zero-order valence-corrected chi connectivity index (χ0v) is 16.7. The van der Waals surface area contributed by atoms with Crippen LogP contribution in [0.25, 0.3) is 5.69 Å². The summed E-state index contributed by atoms with van der Waals surface area (Å²) in [4.78, 5) is 12.7. The summed E-state index contributed by atoms with van der Waals surface area (Å²) in [7, 11) is -3.47. The zero-order chi connectivity index (χ0) is 19.8. The van der Waals surface area contributed by atoms with Gasteiger partial charge in [-0.2, -0.15) is 5.10 Å². The zero-order valence-electron chi connectivity index (χ0n) is 14.4. The van der Waals surface area contributed by atoms with Crippen LogP contribution >= 0.6 is 23.2 Å². The fourth-order valence-corrected chi connectivity index (χ4v) is 3.44. The third kappa shape index (κ3) is 4.32. The predicted molar refractivity (Wildman–Crippen MR) is 106 cm³/mol. The van der Waals surface area contributed by atoms with Crippen LogP contribution in [0.3, 0.4) is 0 Å². The number of hydrogen-bond donors (Lipinski definition) is 1. The smallest absolute Gasteiger partial charge is 0.258 e. The van der Waals surface area contributed by atoms with Crippen molar-refractivity contribution < 1.29 is 13.2 Å². The fourth-order valence-electron chi connectivity index (χ4n) is 2.46. The molecule has 0 bridgehead atoms. The lowest BCUT2D eigenvalue weighted by atomic mass is 10.2. The predicted octanol–water partition coefficient (Wildman–Crippen LogP) is 4.14. The van der Waals surface area contributed by atoms with Gasteiger partial charge < -0.3 is 5.32 Å². The van der Waals surface area contributed by atoms with Gasteiger partial charge in [0.1, 0.15) is 5.82 Å². The van der Waals surface area contributed by atoms with Crippen LogP contribution in [0.4, 0.5) is 5.82 Å². The molecule has 140 valence electrons. The van der Waals surface area contributed by atoms with Crippen molar-refractivity contribution in [2.45, 2.75) is 11.8 Å². The van der Waals surface area contributed by atoms with Gasteiger partial charge in [0.2, 0.25) is 0 Å². The maximum Gasteiger partial charge on any atom is 0.258 e. The van der Waals surface area contributed by atoms with Crippen LogP contribution in [0.15, 0.2) is 53.4 Å². The minimum Gasteiger partial charge on any atom is -0.306 e. The van der Waals surface area contributed by atoms with Gasteiger partial charge in [-0.25, -0.2) is 13.1 Å². The lowest BCUT2D eigenvalue weighted by Gasteiger charge is -2.10. The number of rotatable bonds is 4. The summed E-state index contributed by atoms with van der Waals surface area (Å²) in [5.74, 6) is -0.124. The molecule has 27 heavy (non-hydrogen) atoms. The van der Waals surface area contributed by atoms with Gasteiger partial charge in [0, 0.05) is 17.3 Å². The highest BCUT2D eigenvalue weighted by Gasteiger charge is 2.18. The first-order chi connectivity index (χ1) is 12.6. The van der Waals surface area contributed by atoms with E-state index in [1.54, 1.807) is 41.9 Å². The summed E-state index contributed by atoms with van der Waals surface area (Å²) >= 11 is 12.0. The number of aromatic nitrogens is 2. The molecule has 1 N–H and O–H groups in total. The third-order valence-electron chi connectivity index (χ3n) is 3.75. The lowest BCUT2D eigenvalue weighted by Crippen LogP contribution is -2.16. The van der Waals surface area contributed by atoms with E-state index >= 15 is 0 Å². The van der Waals surface area contributed by atoms with Crippen LogP contribution in [0, 0.1) is 6.92 Å². The Morgan fingerprint density at radius 2 is 1.74 bits per heavy atom. The molecule has 3 rings (SSSR count). The molecule has 0 saturated carbocycles. The number of amides is 1. The lowest BCUT2D eigenvalue weighted by molar-refractivity contribution is 0.102. The highest BCUT2D eigenvalue weighted by Crippen LogP contribution is 2.24. The van der Waals surface area contributed by atoms with E-state index in [9.17, 15) is 13.2 Å². The van der Waals surface area contributed by atoms with E-state index in [4.69, 9.17) is 23.2 Å². The van der Waals surface area contributed by atoms with Crippen molar-refractivity contribution in [1.29, 1.82) is 0 Å². The second-order valence-electron chi connectivity index (χ2n) is 5.93. The van der Waals surface area contributed by atoms with Crippen molar-refractivity contribution in [2.75, 3.05) is 11.6 Å². The number of nitrogens with one attached hydrogen (secondary N) is 1. The highest BCUT2D eigenvalue weighted by atomic mass is 35.5. The van der Waals surface area contributed by atoms with E-state index in [0.717, 1.165) is 6.26 Å². The Morgan fingerprint density at radius 1 is 1.07 bits per heavy atom. The Kier molecular flexibility index (Phi) is 5.28. The van der Waals surface area contributed by atoms with Gasteiger partial charge in [-0.05, 0) is 49.4 Å². The van der Waals surface area contributed by atoms with Crippen molar-refractivity contribution in [3.8, 4) is 5.69 Å². The topological polar surface area (TPSA) is 81.1 Å². The molecular weight excluding hydrogens is 409 g/mol. The SMILES string of the molecule is Cc1cc(NC(=O)c2cc(S(C)(=O)=O)ccc2Cl)n(-c2ccc(Cl)cc2)n1. The fraction of sp³-hybridized carbons (Fsp3) is 0.111. The maximum atomic E-state index is 12.7. The van der Waals surface area contributed by atoms with Crippen LogP contribution in [0.1, 0.15) is 16.1 Å². The Bertz CT molecular complexity index is 1120. The van der Waals surface area contributed by atoms with Crippen molar-refractivity contribution in [3.63, 3.8) is 0 Å². The molecule has 1 aromatic heterocycles. The minimum atomic E-state index is -3.47. The standard InChI is InChI=1S/C18H15Cl2N3O3S/c1-11-9-17(23(22-11)13-5-3-12(19)4-6-13)21-18(24)15-10-14(27(2,25)26)7-8-16(15)20/h3-10H,1-2H3,(H,21,24). The van der Waals surface area contributed by atoms with Crippen LogP contribution in [-0.4, -0.2) is 30.4 Å². The maximum absolute atomic E-state index is 12.7. The van der Waals surface area contributed by atoms with Gasteiger partial charge in [0.05, 0.1) is 26.9 Å². The quantitative estimate of drug-likeness (QED) is 0.683. The number of halogens is 2. The Balaban J connectivity index is 1.97. The molecule has 0 unspecified atom stereocenters. The van der Waals surface area contributed by atoms with Gasteiger partial charge in [-0.3, -0.25) is 4.79 Å². The molecule has 0 aliphatic rings. The van der Waals surface area contributed by atoms with Gasteiger partial charge in [0.15, 0.2) is 9.84 Å². The number of sulfone groups is 1. The number of anilines is 1. The van der Waals surface area contributed by atoms with Crippen molar-refractivity contribution >= 4 is 44.8 Å². The van der Waals surface area contributed by atoms with Gasteiger partial charge in [-0.15, -0.1) is 0 Å². The van der Waals surface area contributed by atoms with E-state index in [-0.39, 0.29) is 15.5 Å². The summed E-state index contributed by atoms with van der Waals surface area (Å²) in [6.07, 6.45) is 1.07. The average Bonchev–Trinajstić information content (AvgIpc) is 2.95. The molecule has 0 aliphatic heterocycles. The summed E-state index contributed by atoms with van der Waals surface area (Å²) < 4.78 is 25.0. The molecule has 3 aromatic rings. The monoisotopic (exact) mass is 423 g/mol. The average molecular weight is 424 g/mol. The summed E-state index contributed by atoms with van der Waals surface area (Å²) in [6, 6.07) is 12.6. The molecule has 0 radical (unpaired) electrons. The Labute approximate surface area is 166 Å². The molecule has 9 heteroatoms. The largest absolute Gasteiger partial charge is 0.306 e. The van der Waals surface area contributed by atoms with Gasteiger partial charge >= 0.3 is 0 Å². The number of aryl methyl sites for hydroxylation is 1. The molecule has 0 fully saturated rings. The van der Waals surface area contributed by atoms with Gasteiger partial charge in [-0.1, -0.05) is 23.2 Å². The number of hydrogen-bond acceptors (Lipinski definition) is 4. The molecule has 0 atom stereocenters. The second-order valence-corrected chi connectivity index (χ2v) is 8.79. The molecule has 1 amide bonds. The summed E-state index contributed by atoms with van der Waals surface area (Å²) in [6.45, 7) is 1.79.